The Kier molecular flexibility index (Phi) is 4.66. The molecule has 76 valence electrons. The molecule has 2 N–H and O–H groups in total. The fraction of sp³-hybridized carbons (Fsp3) is 0.667. The van der Waals surface area contributed by atoms with Gasteiger partial charge >= 0.3 is 0 Å². The van der Waals surface area contributed by atoms with Crippen molar-refractivity contribution in [2.45, 2.75) is 39.6 Å². The lowest BCUT2D eigenvalue weighted by Crippen LogP contribution is -2.46. The Morgan fingerprint density at radius 3 is 2.23 bits per heavy atom. The van der Waals surface area contributed by atoms with Gasteiger partial charge in [-0.2, -0.15) is 0 Å². The number of carbonyl (C=O) groups excluding carboxylic acids is 1. The molecule has 0 aromatic rings. The van der Waals surface area contributed by atoms with Crippen LogP contribution in [-0.2, 0) is 4.79 Å². The Labute approximate surface area is 78.5 Å². The molecular formula is C9H17NO3. The number of hydrogen-bond donors (Lipinski definition) is 2. The van der Waals surface area contributed by atoms with Crippen molar-refractivity contribution in [3.8, 4) is 0 Å². The summed E-state index contributed by atoms with van der Waals surface area (Å²) in [7, 11) is 0. The van der Waals surface area contributed by atoms with Gasteiger partial charge in [-0.15, -0.1) is 0 Å². The summed E-state index contributed by atoms with van der Waals surface area (Å²) in [6.07, 6.45) is -1.58. The fourth-order valence-electron chi connectivity index (χ4n) is 0.971. The molecule has 0 radical (unpaired) electrons. The van der Waals surface area contributed by atoms with Gasteiger partial charge in [-0.05, 0) is 20.3 Å². The van der Waals surface area contributed by atoms with E-state index in [-0.39, 0.29) is 0 Å². The van der Waals surface area contributed by atoms with E-state index >= 15 is 0 Å². The minimum Gasteiger partial charge on any atom is -0.374 e. The van der Waals surface area contributed by atoms with Crippen molar-refractivity contribution in [3.63, 3.8) is 0 Å². The van der Waals surface area contributed by atoms with Crippen LogP contribution >= 0.6 is 0 Å². The van der Waals surface area contributed by atoms with Crippen molar-refractivity contribution in [2.24, 2.45) is 0 Å². The van der Waals surface area contributed by atoms with Crippen LogP contribution in [0.5, 0.6) is 0 Å². The highest BCUT2D eigenvalue weighted by molar-refractivity contribution is 5.92. The molecule has 2 unspecified atom stereocenters. The van der Waals surface area contributed by atoms with E-state index in [1.54, 1.807) is 13.8 Å². The van der Waals surface area contributed by atoms with Gasteiger partial charge in [-0.25, -0.2) is 0 Å². The molecule has 4 heteroatoms. The van der Waals surface area contributed by atoms with E-state index in [0.717, 1.165) is 4.90 Å². The van der Waals surface area contributed by atoms with Crippen LogP contribution in [0.2, 0.25) is 0 Å². The molecule has 0 aromatic heterocycles. The van der Waals surface area contributed by atoms with Crippen LogP contribution in [0.15, 0.2) is 12.2 Å². The SMILES string of the molecule is C=C(C)C(=O)N(C(C)O)C(O)CC. The van der Waals surface area contributed by atoms with Gasteiger partial charge in [-0.3, -0.25) is 9.69 Å². The zero-order chi connectivity index (χ0) is 10.6. The molecule has 0 fully saturated rings. The Morgan fingerprint density at radius 1 is 1.54 bits per heavy atom. The van der Waals surface area contributed by atoms with Crippen molar-refractivity contribution in [1.82, 2.24) is 4.90 Å². The van der Waals surface area contributed by atoms with E-state index in [4.69, 9.17) is 0 Å². The van der Waals surface area contributed by atoms with Gasteiger partial charge in [-0.1, -0.05) is 13.5 Å². The van der Waals surface area contributed by atoms with E-state index in [0.29, 0.717) is 12.0 Å². The van der Waals surface area contributed by atoms with Gasteiger partial charge in [0.25, 0.3) is 5.91 Å². The maximum absolute atomic E-state index is 11.4. The second kappa shape index (κ2) is 4.99. The average molecular weight is 187 g/mol. The van der Waals surface area contributed by atoms with Crippen molar-refractivity contribution in [2.75, 3.05) is 0 Å². The van der Waals surface area contributed by atoms with Gasteiger partial charge in [0.2, 0.25) is 0 Å². The fourth-order valence-corrected chi connectivity index (χ4v) is 0.971. The van der Waals surface area contributed by atoms with Crippen LogP contribution in [0.25, 0.3) is 0 Å². The minimum atomic E-state index is -1.00. The van der Waals surface area contributed by atoms with Crippen LogP contribution in [0.4, 0.5) is 0 Å². The first-order valence-electron chi connectivity index (χ1n) is 4.26. The molecule has 0 aliphatic heterocycles. The summed E-state index contributed by atoms with van der Waals surface area (Å²) in [5.74, 6) is -0.427. The number of rotatable bonds is 4. The van der Waals surface area contributed by atoms with Crippen LogP contribution in [0, 0.1) is 0 Å². The van der Waals surface area contributed by atoms with Crippen LogP contribution in [0.1, 0.15) is 27.2 Å². The van der Waals surface area contributed by atoms with Crippen molar-refractivity contribution < 1.29 is 15.0 Å². The topological polar surface area (TPSA) is 60.8 Å². The summed E-state index contributed by atoms with van der Waals surface area (Å²) in [6.45, 7) is 8.16. The third-order valence-electron chi connectivity index (χ3n) is 1.69. The van der Waals surface area contributed by atoms with Gasteiger partial charge in [0, 0.05) is 5.57 Å². The first-order chi connectivity index (χ1) is 5.91. The molecular weight excluding hydrogens is 170 g/mol. The van der Waals surface area contributed by atoms with Crippen LogP contribution in [-0.4, -0.2) is 33.5 Å². The first-order valence-corrected chi connectivity index (χ1v) is 4.26. The third-order valence-corrected chi connectivity index (χ3v) is 1.69. The first kappa shape index (κ1) is 12.1. The standard InChI is InChI=1S/C9H17NO3/c1-5-8(12)10(7(4)11)9(13)6(2)3/h7-8,11-12H,2,5H2,1,3-4H3. The second-order valence-electron chi connectivity index (χ2n) is 3.01. The third kappa shape index (κ3) is 3.16. The van der Waals surface area contributed by atoms with E-state index in [1.807, 2.05) is 0 Å². The predicted molar refractivity (Wildman–Crippen MR) is 49.6 cm³/mol. The zero-order valence-corrected chi connectivity index (χ0v) is 8.32. The highest BCUT2D eigenvalue weighted by atomic mass is 16.3. The van der Waals surface area contributed by atoms with E-state index < -0.39 is 18.4 Å². The number of amides is 1. The molecule has 0 rings (SSSR count). The van der Waals surface area contributed by atoms with Crippen LogP contribution in [0.3, 0.4) is 0 Å². The lowest BCUT2D eigenvalue weighted by Gasteiger charge is -2.29. The van der Waals surface area contributed by atoms with Gasteiger partial charge in [0.05, 0.1) is 0 Å². The molecule has 13 heavy (non-hydrogen) atoms. The summed E-state index contributed by atoms with van der Waals surface area (Å²) in [6, 6.07) is 0. The number of nitrogens with zero attached hydrogens (tertiary/aromatic N) is 1. The molecule has 0 saturated carbocycles. The summed E-state index contributed by atoms with van der Waals surface area (Å²) < 4.78 is 0. The molecule has 1 amide bonds. The Bertz CT molecular complexity index is 201. The van der Waals surface area contributed by atoms with Crippen LogP contribution < -0.4 is 0 Å². The summed E-state index contributed by atoms with van der Waals surface area (Å²) in [5, 5.41) is 18.6. The van der Waals surface area contributed by atoms with Crippen molar-refractivity contribution in [3.05, 3.63) is 12.2 Å². The number of hydrogen-bond acceptors (Lipinski definition) is 3. The highest BCUT2D eigenvalue weighted by Gasteiger charge is 2.24. The molecule has 0 spiro atoms. The molecule has 0 bridgehead atoms. The Hall–Kier alpha value is -0.870. The Morgan fingerprint density at radius 2 is 2.00 bits per heavy atom. The smallest absolute Gasteiger partial charge is 0.252 e. The van der Waals surface area contributed by atoms with Gasteiger partial charge in [0.1, 0.15) is 12.5 Å². The maximum atomic E-state index is 11.4. The van der Waals surface area contributed by atoms with E-state index in [9.17, 15) is 15.0 Å². The molecule has 0 aliphatic rings. The zero-order valence-electron chi connectivity index (χ0n) is 8.32. The highest BCUT2D eigenvalue weighted by Crippen LogP contribution is 2.09. The minimum absolute atomic E-state index is 0.299. The molecule has 2 atom stereocenters. The number of aliphatic hydroxyl groups excluding tert-OH is 2. The summed E-state index contributed by atoms with van der Waals surface area (Å²) >= 11 is 0. The van der Waals surface area contributed by atoms with E-state index in [2.05, 4.69) is 6.58 Å². The normalized spacial score (nSPS) is 14.8. The summed E-state index contributed by atoms with van der Waals surface area (Å²) in [5.41, 5.74) is 0.299. The molecule has 0 aliphatic carbocycles. The second-order valence-corrected chi connectivity index (χ2v) is 3.01. The lowest BCUT2D eigenvalue weighted by molar-refractivity contribution is -0.154. The monoisotopic (exact) mass is 187 g/mol. The van der Waals surface area contributed by atoms with Crippen molar-refractivity contribution in [1.29, 1.82) is 0 Å². The maximum Gasteiger partial charge on any atom is 0.252 e. The quantitative estimate of drug-likeness (QED) is 0.496. The Balaban J connectivity index is 4.61. The average Bonchev–Trinajstić information content (AvgIpc) is 2.03. The number of carbonyl (C=O) groups is 1. The van der Waals surface area contributed by atoms with Crippen molar-refractivity contribution >= 4 is 5.91 Å². The molecule has 4 nitrogen and oxygen atoms in total. The predicted octanol–water partition coefficient (Wildman–Crippen LogP) is 0.458. The van der Waals surface area contributed by atoms with Gasteiger partial charge in [0.15, 0.2) is 0 Å². The summed E-state index contributed by atoms with van der Waals surface area (Å²) in [4.78, 5) is 12.4. The molecule has 0 heterocycles. The largest absolute Gasteiger partial charge is 0.374 e. The van der Waals surface area contributed by atoms with Gasteiger partial charge < -0.3 is 10.2 Å². The lowest BCUT2D eigenvalue weighted by atomic mass is 10.2. The number of aliphatic hydroxyl groups is 2. The molecule has 0 aromatic carbocycles. The van der Waals surface area contributed by atoms with E-state index in [1.165, 1.54) is 6.92 Å². The molecule has 0 saturated heterocycles.